The fourth-order valence-corrected chi connectivity index (χ4v) is 3.62. The topological polar surface area (TPSA) is 0 Å². The van der Waals surface area contributed by atoms with Crippen LogP contribution in [0.15, 0.2) is 60.7 Å². The van der Waals surface area contributed by atoms with Gasteiger partial charge in [0.25, 0.3) is 0 Å². The van der Waals surface area contributed by atoms with Gasteiger partial charge in [0.15, 0.2) is 0 Å². The van der Waals surface area contributed by atoms with Crippen molar-refractivity contribution in [1.82, 2.24) is 0 Å². The van der Waals surface area contributed by atoms with Crippen LogP contribution in [-0.4, -0.2) is 0 Å². The lowest BCUT2D eigenvalue weighted by atomic mass is 9.78. The molecule has 2 aromatic carbocycles. The molecule has 0 nitrogen and oxygen atoms in total. The number of rotatable bonds is 3. The van der Waals surface area contributed by atoms with E-state index in [2.05, 4.69) is 61.4 Å². The van der Waals surface area contributed by atoms with E-state index in [4.69, 9.17) is 6.42 Å². The van der Waals surface area contributed by atoms with E-state index in [0.29, 0.717) is 0 Å². The monoisotopic (exact) mass is 300 g/mol. The molecular weight excluding hydrogens is 276 g/mol. The molecule has 1 aliphatic rings. The lowest BCUT2D eigenvalue weighted by Crippen LogP contribution is -2.11. The smallest absolute Gasteiger partial charge is 0.0243 e. The van der Waals surface area contributed by atoms with Gasteiger partial charge in [0, 0.05) is 5.56 Å². The molecule has 0 aliphatic heterocycles. The fourth-order valence-electron chi connectivity index (χ4n) is 3.62. The summed E-state index contributed by atoms with van der Waals surface area (Å²) in [5.74, 6) is 4.19. The first kappa shape index (κ1) is 15.6. The summed E-state index contributed by atoms with van der Waals surface area (Å²) in [5.41, 5.74) is 4.92. The normalized spacial score (nSPS) is 21.2. The lowest BCUT2D eigenvalue weighted by molar-refractivity contribution is 0.376. The maximum atomic E-state index is 5.42. The molecule has 0 bridgehead atoms. The summed E-state index contributed by atoms with van der Waals surface area (Å²) in [7, 11) is 0. The Balaban J connectivity index is 1.69. The van der Waals surface area contributed by atoms with E-state index >= 15 is 0 Å². The molecule has 0 amide bonds. The quantitative estimate of drug-likeness (QED) is 0.468. The Hall–Kier alpha value is -2.26. The van der Waals surface area contributed by atoms with E-state index in [-0.39, 0.29) is 0 Å². The van der Waals surface area contributed by atoms with Gasteiger partial charge >= 0.3 is 0 Å². The lowest BCUT2D eigenvalue weighted by Gasteiger charge is -2.27. The third-order valence-corrected chi connectivity index (χ3v) is 5.00. The van der Waals surface area contributed by atoms with Gasteiger partial charge in [-0.25, -0.2) is 0 Å². The van der Waals surface area contributed by atoms with Crippen LogP contribution in [0.25, 0.3) is 11.1 Å². The number of hydrogen-bond donors (Lipinski definition) is 0. The Labute approximate surface area is 140 Å². The van der Waals surface area contributed by atoms with Gasteiger partial charge in [0.1, 0.15) is 0 Å². The van der Waals surface area contributed by atoms with Gasteiger partial charge < -0.3 is 0 Å². The van der Waals surface area contributed by atoms with E-state index in [9.17, 15) is 0 Å². The van der Waals surface area contributed by atoms with Gasteiger partial charge in [-0.15, -0.1) is 6.42 Å². The molecular formula is C23H24. The summed E-state index contributed by atoms with van der Waals surface area (Å²) in [6, 6.07) is 17.3. The molecule has 2 aromatic rings. The summed E-state index contributed by atoms with van der Waals surface area (Å²) in [4.78, 5) is 0. The van der Waals surface area contributed by atoms with Gasteiger partial charge in [0.2, 0.25) is 0 Å². The molecule has 1 fully saturated rings. The van der Waals surface area contributed by atoms with Gasteiger partial charge in [-0.2, -0.15) is 0 Å². The summed E-state index contributed by atoms with van der Waals surface area (Å²) in [6.07, 6.45) is 15.3. The molecule has 0 N–H and O–H groups in total. The van der Waals surface area contributed by atoms with Crippen molar-refractivity contribution in [2.75, 3.05) is 0 Å². The van der Waals surface area contributed by atoms with Crippen LogP contribution >= 0.6 is 0 Å². The summed E-state index contributed by atoms with van der Waals surface area (Å²) in [5, 5.41) is 0. The Morgan fingerprint density at radius 1 is 0.870 bits per heavy atom. The molecule has 3 rings (SSSR count). The van der Waals surface area contributed by atoms with Crippen molar-refractivity contribution in [1.29, 1.82) is 0 Å². The third-order valence-electron chi connectivity index (χ3n) is 5.00. The van der Waals surface area contributed by atoms with Crippen LogP contribution in [0.3, 0.4) is 0 Å². The Morgan fingerprint density at radius 3 is 1.96 bits per heavy atom. The number of allylic oxidation sites excluding steroid dienone is 2. The minimum Gasteiger partial charge on any atom is -0.115 e. The van der Waals surface area contributed by atoms with Crippen molar-refractivity contribution in [2.24, 2.45) is 5.92 Å². The van der Waals surface area contributed by atoms with E-state index in [1.54, 1.807) is 0 Å². The molecule has 0 heteroatoms. The van der Waals surface area contributed by atoms with E-state index in [0.717, 1.165) is 17.4 Å². The minimum atomic E-state index is 0.731. The maximum absolute atomic E-state index is 5.42. The molecule has 23 heavy (non-hydrogen) atoms. The van der Waals surface area contributed by atoms with Crippen molar-refractivity contribution < 1.29 is 0 Å². The molecule has 116 valence electrons. The highest BCUT2D eigenvalue weighted by molar-refractivity contribution is 5.64. The molecule has 0 radical (unpaired) electrons. The standard InChI is InChI=1S/C23H24/c1-3-5-19-8-12-21(13-9-19)23-16-14-22(15-17-23)20-10-6-18(4-2)7-11-20/h2-3,5-7,10-11,14-17,19,21H,8-9,12-13H2,1H3. The highest BCUT2D eigenvalue weighted by Gasteiger charge is 2.20. The molecule has 0 aromatic heterocycles. The predicted molar refractivity (Wildman–Crippen MR) is 99.3 cm³/mol. The Kier molecular flexibility index (Phi) is 4.99. The molecule has 0 heterocycles. The molecule has 0 saturated heterocycles. The fraction of sp³-hybridized carbons (Fsp3) is 0.304. The SMILES string of the molecule is C#Cc1ccc(-c2ccc(C3CCC(C=CC)CC3)cc2)cc1. The van der Waals surface area contributed by atoms with E-state index in [1.807, 2.05) is 12.1 Å². The van der Waals surface area contributed by atoms with Gasteiger partial charge in [-0.05, 0) is 73.3 Å². The largest absolute Gasteiger partial charge is 0.115 e. The van der Waals surface area contributed by atoms with Crippen LogP contribution in [0.5, 0.6) is 0 Å². The third kappa shape index (κ3) is 3.74. The molecule has 0 spiro atoms. The van der Waals surface area contributed by atoms with Crippen LogP contribution in [0.2, 0.25) is 0 Å². The summed E-state index contributed by atoms with van der Waals surface area (Å²) in [6.45, 7) is 2.13. The highest BCUT2D eigenvalue weighted by Crippen LogP contribution is 2.36. The van der Waals surface area contributed by atoms with Gasteiger partial charge in [0.05, 0.1) is 0 Å². The predicted octanol–water partition coefficient (Wildman–Crippen LogP) is 6.18. The molecule has 1 aliphatic carbocycles. The van der Waals surface area contributed by atoms with Crippen LogP contribution in [0.4, 0.5) is 0 Å². The average Bonchev–Trinajstić information content (AvgIpc) is 2.63. The van der Waals surface area contributed by atoms with E-state index < -0.39 is 0 Å². The van der Waals surface area contributed by atoms with Crippen molar-refractivity contribution in [3.63, 3.8) is 0 Å². The zero-order valence-corrected chi connectivity index (χ0v) is 13.8. The number of terminal acetylenes is 1. The van der Waals surface area contributed by atoms with Gasteiger partial charge in [-0.1, -0.05) is 54.5 Å². The molecule has 0 atom stereocenters. The average molecular weight is 300 g/mol. The zero-order valence-electron chi connectivity index (χ0n) is 13.8. The highest BCUT2D eigenvalue weighted by atomic mass is 14.3. The van der Waals surface area contributed by atoms with Crippen molar-refractivity contribution in [2.45, 2.75) is 38.5 Å². The second-order valence-electron chi connectivity index (χ2n) is 6.48. The van der Waals surface area contributed by atoms with Crippen molar-refractivity contribution >= 4 is 0 Å². The van der Waals surface area contributed by atoms with Crippen molar-refractivity contribution in [3.8, 4) is 23.5 Å². The van der Waals surface area contributed by atoms with E-state index in [1.165, 1.54) is 42.4 Å². The van der Waals surface area contributed by atoms with Crippen LogP contribution in [0.1, 0.15) is 49.7 Å². The van der Waals surface area contributed by atoms with Crippen molar-refractivity contribution in [3.05, 3.63) is 71.8 Å². The minimum absolute atomic E-state index is 0.731. The van der Waals surface area contributed by atoms with Crippen LogP contribution < -0.4 is 0 Å². The summed E-state index contributed by atoms with van der Waals surface area (Å²) >= 11 is 0. The Bertz CT molecular complexity index is 687. The van der Waals surface area contributed by atoms with Crippen LogP contribution in [-0.2, 0) is 0 Å². The van der Waals surface area contributed by atoms with Crippen LogP contribution in [0, 0.1) is 18.3 Å². The number of benzene rings is 2. The number of hydrogen-bond acceptors (Lipinski definition) is 0. The first-order valence-corrected chi connectivity index (χ1v) is 8.60. The summed E-state index contributed by atoms with van der Waals surface area (Å²) < 4.78 is 0. The zero-order chi connectivity index (χ0) is 16.1. The Morgan fingerprint density at radius 2 is 1.43 bits per heavy atom. The second kappa shape index (κ2) is 7.34. The second-order valence-corrected chi connectivity index (χ2v) is 6.48. The molecule has 1 saturated carbocycles. The first-order valence-electron chi connectivity index (χ1n) is 8.60. The van der Waals surface area contributed by atoms with Gasteiger partial charge in [-0.3, -0.25) is 0 Å². The first-order chi connectivity index (χ1) is 11.3. The molecule has 0 unspecified atom stereocenters. The maximum Gasteiger partial charge on any atom is 0.0243 e.